The molecular weight excluding hydrogens is 1040 g/mol. The number of nitrogens with zero attached hydrogens (tertiary/aromatic N) is 2. The Morgan fingerprint density at radius 2 is 0.659 bits per heavy atom. The molecule has 12 rings (SSSR count). The van der Waals surface area contributed by atoms with Gasteiger partial charge in [0.15, 0.2) is 8.07 Å². The first kappa shape index (κ1) is 57.6. The van der Waals surface area contributed by atoms with E-state index in [-0.39, 0.29) is 32.5 Å². The highest BCUT2D eigenvalue weighted by atomic mass is 28.3. The molecule has 2 N–H and O–H groups in total. The van der Waals surface area contributed by atoms with E-state index in [0.717, 1.165) is 83.8 Å². The van der Waals surface area contributed by atoms with Gasteiger partial charge in [-0.25, -0.2) is 9.97 Å². The molecule has 6 heterocycles. The Kier molecular flexibility index (Phi) is 13.6. The van der Waals surface area contributed by atoms with Crippen LogP contribution in [0.3, 0.4) is 0 Å². The maximum atomic E-state index is 6.21. The van der Waals surface area contributed by atoms with Crippen molar-refractivity contribution in [1.82, 2.24) is 19.9 Å². The summed E-state index contributed by atoms with van der Waals surface area (Å²) in [6, 6.07) is 63.1. The van der Waals surface area contributed by atoms with Gasteiger partial charge in [-0.15, -0.1) is 0 Å². The Hall–Kier alpha value is -7.86. The average molecular weight is 1130 g/mol. The van der Waals surface area contributed by atoms with Crippen LogP contribution in [0.5, 0.6) is 0 Å². The molecule has 430 valence electrons. The SMILES string of the molecule is CC(C)(C)c1cc(-c2c3nc(c(-c4cc(C(C)(C)C)cc(C(C)(C)C)c4)c4ccc([nH]4)c4c5nc(c(-c6cc(C(C)(C)C)cc(C(C)(C)C)c6)c6ccc2[nH]6)C=C5c2ccccc2[Si]4(c2ccccc2)c2ccccc2)C=C3)cc(C(C)(C)C)c1. The van der Waals surface area contributed by atoms with Crippen molar-refractivity contribution in [3.05, 3.63) is 226 Å². The molecule has 8 bridgehead atoms. The second-order valence-corrected chi connectivity index (χ2v) is 34.3. The summed E-state index contributed by atoms with van der Waals surface area (Å²) in [6.07, 6.45) is 6.96. The van der Waals surface area contributed by atoms with Crippen LogP contribution in [0.1, 0.15) is 186 Å². The van der Waals surface area contributed by atoms with E-state index in [1.54, 1.807) is 0 Å². The van der Waals surface area contributed by atoms with Crippen molar-refractivity contribution < 1.29 is 0 Å². The number of hydrogen-bond donors (Lipinski definition) is 2. The van der Waals surface area contributed by atoms with Gasteiger partial charge in [0.2, 0.25) is 0 Å². The van der Waals surface area contributed by atoms with Gasteiger partial charge in [-0.3, -0.25) is 0 Å². The number of rotatable bonds is 5. The lowest BCUT2D eigenvalue weighted by Crippen LogP contribution is -2.77. The third-order valence-corrected chi connectivity index (χ3v) is 23.0. The summed E-state index contributed by atoms with van der Waals surface area (Å²) in [5, 5.41) is 5.21. The molecule has 0 saturated carbocycles. The van der Waals surface area contributed by atoms with Crippen LogP contribution in [0.2, 0.25) is 0 Å². The zero-order valence-corrected chi connectivity index (χ0v) is 54.7. The summed E-state index contributed by atoms with van der Waals surface area (Å²) in [6.45, 7) is 42.0. The van der Waals surface area contributed by atoms with Crippen LogP contribution in [-0.2, 0) is 32.5 Å². The summed E-state index contributed by atoms with van der Waals surface area (Å²) in [5.41, 5.74) is 23.9. The van der Waals surface area contributed by atoms with Crippen LogP contribution >= 0.6 is 0 Å². The Morgan fingerprint density at radius 3 is 1.04 bits per heavy atom. The molecule has 0 radical (unpaired) electrons. The fourth-order valence-corrected chi connectivity index (χ4v) is 18.3. The molecule has 0 amide bonds. The van der Waals surface area contributed by atoms with E-state index >= 15 is 0 Å². The van der Waals surface area contributed by atoms with Crippen molar-refractivity contribution >= 4 is 74.7 Å². The standard InChI is InChI=1S/C80H86N4Si/c1-75(2,3)52-39-49(40-53(45-52)76(4,5)6)70-62-33-34-64(81-62)71(50-41-54(77(7,8)9)46-55(42-50)78(10,11)12)65-37-38-67(83-65)74-73-61(60-31-25-26-32-69(60)85(74,58-27-21-19-22-28-58)59-29-23-20-24-30-59)48-68(84-73)72(66-36-35-63(70)82-66)51-43-56(79(13,14)15)47-57(44-51)80(16,17)18/h19-48,82-83H,1-18H3. The maximum Gasteiger partial charge on any atom is 0.185 e. The van der Waals surface area contributed by atoms with Crippen molar-refractivity contribution in [1.29, 1.82) is 0 Å². The van der Waals surface area contributed by atoms with Crippen molar-refractivity contribution in [3.63, 3.8) is 0 Å². The minimum Gasteiger partial charge on any atom is -0.355 e. The van der Waals surface area contributed by atoms with Crippen LogP contribution < -0.4 is 20.7 Å². The number of aromatic nitrogens is 4. The van der Waals surface area contributed by atoms with E-state index in [1.807, 2.05) is 0 Å². The van der Waals surface area contributed by atoms with Crippen molar-refractivity contribution in [3.8, 4) is 33.4 Å². The van der Waals surface area contributed by atoms with Gasteiger partial charge in [0, 0.05) is 49.5 Å². The highest BCUT2D eigenvalue weighted by molar-refractivity contribution is 7.21. The molecule has 0 spiro atoms. The summed E-state index contributed by atoms with van der Waals surface area (Å²) in [5.74, 6) is 0. The number of fused-ring (bicyclic) bond motifs is 10. The predicted octanol–water partition coefficient (Wildman–Crippen LogP) is 18.6. The first-order valence-electron chi connectivity index (χ1n) is 30.8. The zero-order valence-electron chi connectivity index (χ0n) is 53.7. The molecule has 0 saturated heterocycles. The Morgan fingerprint density at radius 1 is 0.329 bits per heavy atom. The average Bonchev–Trinajstić information content (AvgIpc) is 1.71. The fourth-order valence-electron chi connectivity index (χ4n) is 13.0. The fraction of sp³-hybridized carbons (Fsp3) is 0.300. The van der Waals surface area contributed by atoms with E-state index in [0.29, 0.717) is 0 Å². The molecule has 0 fully saturated rings. The lowest BCUT2D eigenvalue weighted by Gasteiger charge is -2.39. The molecule has 9 aromatic rings. The van der Waals surface area contributed by atoms with Gasteiger partial charge in [-0.2, -0.15) is 0 Å². The number of benzene rings is 6. The van der Waals surface area contributed by atoms with Gasteiger partial charge >= 0.3 is 0 Å². The molecule has 3 aromatic heterocycles. The topological polar surface area (TPSA) is 57.4 Å². The van der Waals surface area contributed by atoms with Crippen LogP contribution in [-0.4, -0.2) is 28.0 Å². The van der Waals surface area contributed by atoms with E-state index < -0.39 is 8.07 Å². The van der Waals surface area contributed by atoms with Crippen molar-refractivity contribution in [2.75, 3.05) is 0 Å². The zero-order chi connectivity index (χ0) is 60.6. The van der Waals surface area contributed by atoms with E-state index in [4.69, 9.17) is 9.97 Å². The molecule has 4 nitrogen and oxygen atoms in total. The maximum absolute atomic E-state index is 6.21. The van der Waals surface area contributed by atoms with E-state index in [2.05, 4.69) is 317 Å². The first-order chi connectivity index (χ1) is 39.9. The Bertz CT molecular complexity index is 4250. The molecule has 0 aliphatic carbocycles. The third-order valence-electron chi connectivity index (χ3n) is 18.1. The molecule has 5 heteroatoms. The molecule has 3 aliphatic heterocycles. The van der Waals surface area contributed by atoms with Crippen LogP contribution in [0.15, 0.2) is 164 Å². The van der Waals surface area contributed by atoms with Gasteiger partial charge in [0.05, 0.1) is 22.8 Å². The third kappa shape index (κ3) is 10.2. The molecule has 6 aromatic carbocycles. The van der Waals surface area contributed by atoms with Gasteiger partial charge in [-0.1, -0.05) is 264 Å². The number of aromatic amines is 2. The summed E-state index contributed by atoms with van der Waals surface area (Å²) in [4.78, 5) is 20.6. The highest BCUT2D eigenvalue weighted by Crippen LogP contribution is 2.45. The van der Waals surface area contributed by atoms with E-state index in [1.165, 1.54) is 59.7 Å². The monoisotopic (exact) mass is 1130 g/mol. The van der Waals surface area contributed by atoms with E-state index in [9.17, 15) is 0 Å². The van der Waals surface area contributed by atoms with Crippen LogP contribution in [0, 0.1) is 0 Å². The second kappa shape index (κ2) is 20.1. The van der Waals surface area contributed by atoms with Crippen molar-refractivity contribution in [2.45, 2.75) is 157 Å². The molecule has 0 unspecified atom stereocenters. The van der Waals surface area contributed by atoms with Gasteiger partial charge in [0.25, 0.3) is 0 Å². The smallest absolute Gasteiger partial charge is 0.185 e. The minimum absolute atomic E-state index is 0.113. The van der Waals surface area contributed by atoms with Gasteiger partial charge in [0.1, 0.15) is 0 Å². The molecular formula is C80H86N4Si. The Labute approximate surface area is 507 Å². The number of hydrogen-bond acceptors (Lipinski definition) is 2. The van der Waals surface area contributed by atoms with Crippen molar-refractivity contribution in [2.24, 2.45) is 0 Å². The lowest BCUT2D eigenvalue weighted by atomic mass is 9.78. The van der Waals surface area contributed by atoms with Crippen LogP contribution in [0.25, 0.3) is 79.2 Å². The molecule has 0 atom stereocenters. The summed E-state index contributed by atoms with van der Waals surface area (Å²) < 4.78 is 0. The minimum atomic E-state index is -3.25. The molecule has 85 heavy (non-hydrogen) atoms. The highest BCUT2D eigenvalue weighted by Gasteiger charge is 2.50. The van der Waals surface area contributed by atoms with Gasteiger partial charge in [-0.05, 0) is 146 Å². The quantitative estimate of drug-likeness (QED) is 0.169. The first-order valence-corrected chi connectivity index (χ1v) is 32.8. The summed E-state index contributed by atoms with van der Waals surface area (Å²) in [7, 11) is -3.25. The predicted molar refractivity (Wildman–Crippen MR) is 369 cm³/mol. The van der Waals surface area contributed by atoms with Gasteiger partial charge < -0.3 is 9.97 Å². The lowest BCUT2D eigenvalue weighted by molar-refractivity contribution is 0.568. The largest absolute Gasteiger partial charge is 0.355 e. The number of H-pyrrole nitrogens is 2. The second-order valence-electron chi connectivity index (χ2n) is 30.6. The molecule has 3 aliphatic rings. The van der Waals surface area contributed by atoms with Crippen LogP contribution in [0.4, 0.5) is 0 Å². The Balaban J connectivity index is 1.36. The number of nitrogens with one attached hydrogen (secondary N) is 2. The normalized spacial score (nSPS) is 14.4. The summed E-state index contributed by atoms with van der Waals surface area (Å²) >= 11 is 0.